The number of hydrogen-bond acceptors (Lipinski definition) is 3. The lowest BCUT2D eigenvalue weighted by atomic mass is 10.0. The molecule has 1 heterocycles. The molecule has 0 aliphatic heterocycles. The molecule has 2 aromatic rings. The van der Waals surface area contributed by atoms with Gasteiger partial charge in [0.1, 0.15) is 12.4 Å². The Kier molecular flexibility index (Phi) is 5.41. The standard InChI is InChI=1S/C16H18FN3O2/c1-2-13(12-6-4-3-5-7-12)18-16(22)14-8-9-15(21)20(19-14)11-10-17/h3-9,13H,2,10-11H2,1H3,(H,18,22). The van der Waals surface area contributed by atoms with Crippen molar-refractivity contribution in [2.75, 3.05) is 6.67 Å². The van der Waals surface area contributed by atoms with Crippen LogP contribution in [0.1, 0.15) is 35.4 Å². The van der Waals surface area contributed by atoms with Gasteiger partial charge in [-0.25, -0.2) is 9.07 Å². The van der Waals surface area contributed by atoms with Gasteiger partial charge in [0.25, 0.3) is 11.5 Å². The highest BCUT2D eigenvalue weighted by molar-refractivity contribution is 5.92. The lowest BCUT2D eigenvalue weighted by molar-refractivity contribution is 0.0927. The Hall–Kier alpha value is -2.50. The van der Waals surface area contributed by atoms with Crippen LogP contribution in [0.4, 0.5) is 4.39 Å². The minimum atomic E-state index is -0.709. The maximum absolute atomic E-state index is 12.4. The van der Waals surface area contributed by atoms with E-state index in [2.05, 4.69) is 10.4 Å². The van der Waals surface area contributed by atoms with Crippen LogP contribution in [0.25, 0.3) is 0 Å². The summed E-state index contributed by atoms with van der Waals surface area (Å²) in [4.78, 5) is 23.8. The fourth-order valence-electron chi connectivity index (χ4n) is 2.15. The molecule has 1 aromatic carbocycles. The highest BCUT2D eigenvalue weighted by Crippen LogP contribution is 2.16. The number of hydrogen-bond donors (Lipinski definition) is 1. The highest BCUT2D eigenvalue weighted by atomic mass is 19.1. The van der Waals surface area contributed by atoms with E-state index < -0.39 is 12.2 Å². The molecule has 116 valence electrons. The van der Waals surface area contributed by atoms with Crippen LogP contribution in [0.2, 0.25) is 0 Å². The normalized spacial score (nSPS) is 11.9. The maximum atomic E-state index is 12.4. The topological polar surface area (TPSA) is 64.0 Å². The van der Waals surface area contributed by atoms with E-state index in [1.54, 1.807) is 0 Å². The number of carbonyl (C=O) groups excluding carboxylic acids is 1. The smallest absolute Gasteiger partial charge is 0.272 e. The summed E-state index contributed by atoms with van der Waals surface area (Å²) >= 11 is 0. The van der Waals surface area contributed by atoms with E-state index in [1.165, 1.54) is 12.1 Å². The van der Waals surface area contributed by atoms with Crippen LogP contribution in [-0.2, 0) is 6.54 Å². The molecule has 1 amide bonds. The average molecular weight is 303 g/mol. The molecule has 1 atom stereocenters. The molecule has 0 radical (unpaired) electrons. The average Bonchev–Trinajstić information content (AvgIpc) is 2.55. The van der Waals surface area contributed by atoms with E-state index in [0.29, 0.717) is 0 Å². The third-order valence-corrected chi connectivity index (χ3v) is 3.31. The molecule has 6 heteroatoms. The van der Waals surface area contributed by atoms with Crippen molar-refractivity contribution in [1.29, 1.82) is 0 Å². The van der Waals surface area contributed by atoms with Gasteiger partial charge in [-0.1, -0.05) is 37.3 Å². The number of amides is 1. The van der Waals surface area contributed by atoms with Gasteiger partial charge in [0, 0.05) is 6.07 Å². The summed E-state index contributed by atoms with van der Waals surface area (Å²) in [5.41, 5.74) is 0.669. The van der Waals surface area contributed by atoms with Crippen molar-refractivity contribution in [2.45, 2.75) is 25.9 Å². The number of aromatic nitrogens is 2. The summed E-state index contributed by atoms with van der Waals surface area (Å²) in [6.45, 7) is 1.10. The Morgan fingerprint density at radius 3 is 2.64 bits per heavy atom. The summed E-state index contributed by atoms with van der Waals surface area (Å²) < 4.78 is 13.3. The van der Waals surface area contributed by atoms with Crippen molar-refractivity contribution in [1.82, 2.24) is 15.1 Å². The second-order valence-corrected chi connectivity index (χ2v) is 4.81. The third kappa shape index (κ3) is 3.78. The molecule has 1 unspecified atom stereocenters. The fourth-order valence-corrected chi connectivity index (χ4v) is 2.15. The van der Waals surface area contributed by atoms with Crippen LogP contribution in [0.5, 0.6) is 0 Å². The fraction of sp³-hybridized carbons (Fsp3) is 0.312. The zero-order valence-electron chi connectivity index (χ0n) is 12.3. The number of carbonyl (C=O) groups is 1. The Balaban J connectivity index is 2.17. The first-order valence-corrected chi connectivity index (χ1v) is 7.15. The van der Waals surface area contributed by atoms with Crippen LogP contribution in [0, 0.1) is 0 Å². The zero-order chi connectivity index (χ0) is 15.9. The monoisotopic (exact) mass is 303 g/mol. The predicted molar refractivity (Wildman–Crippen MR) is 81.4 cm³/mol. The minimum absolute atomic E-state index is 0.0995. The van der Waals surface area contributed by atoms with Crippen molar-refractivity contribution in [3.63, 3.8) is 0 Å². The summed E-state index contributed by atoms with van der Waals surface area (Å²) in [6, 6.07) is 12.0. The van der Waals surface area contributed by atoms with Gasteiger partial charge in [0.15, 0.2) is 0 Å². The van der Waals surface area contributed by atoms with Gasteiger partial charge < -0.3 is 5.32 Å². The van der Waals surface area contributed by atoms with E-state index in [9.17, 15) is 14.0 Å². The first kappa shape index (κ1) is 15.9. The second kappa shape index (κ2) is 7.49. The molecular weight excluding hydrogens is 285 g/mol. The first-order valence-electron chi connectivity index (χ1n) is 7.15. The summed E-state index contributed by atoms with van der Waals surface area (Å²) in [5, 5.41) is 6.77. The summed E-state index contributed by atoms with van der Waals surface area (Å²) in [7, 11) is 0. The van der Waals surface area contributed by atoms with Gasteiger partial charge in [0.2, 0.25) is 0 Å². The largest absolute Gasteiger partial charge is 0.344 e. The van der Waals surface area contributed by atoms with Crippen LogP contribution in [-0.4, -0.2) is 22.4 Å². The lowest BCUT2D eigenvalue weighted by Gasteiger charge is -2.17. The zero-order valence-corrected chi connectivity index (χ0v) is 12.3. The van der Waals surface area contributed by atoms with Crippen molar-refractivity contribution >= 4 is 5.91 Å². The Bertz CT molecular complexity index is 685. The van der Waals surface area contributed by atoms with Crippen molar-refractivity contribution in [3.05, 3.63) is 64.1 Å². The molecule has 0 fully saturated rings. The molecule has 0 aliphatic rings. The maximum Gasteiger partial charge on any atom is 0.272 e. The SMILES string of the molecule is CCC(NC(=O)c1ccc(=O)n(CCF)n1)c1ccccc1. The molecule has 0 aliphatic carbocycles. The third-order valence-electron chi connectivity index (χ3n) is 3.31. The highest BCUT2D eigenvalue weighted by Gasteiger charge is 2.15. The number of aryl methyl sites for hydroxylation is 1. The van der Waals surface area contributed by atoms with Crippen LogP contribution >= 0.6 is 0 Å². The van der Waals surface area contributed by atoms with Crippen molar-refractivity contribution in [2.24, 2.45) is 0 Å². The summed E-state index contributed by atoms with van der Waals surface area (Å²) in [6.07, 6.45) is 0.722. The number of benzene rings is 1. The quantitative estimate of drug-likeness (QED) is 0.889. The molecule has 0 spiro atoms. The number of nitrogens with zero attached hydrogens (tertiary/aromatic N) is 2. The van der Waals surface area contributed by atoms with E-state index in [0.717, 1.165) is 16.7 Å². The summed E-state index contributed by atoms with van der Waals surface area (Å²) in [5.74, 6) is -0.386. The van der Waals surface area contributed by atoms with Crippen molar-refractivity contribution in [3.8, 4) is 0 Å². The van der Waals surface area contributed by atoms with Crippen molar-refractivity contribution < 1.29 is 9.18 Å². The predicted octanol–water partition coefficient (Wildman–Crippen LogP) is 2.09. The molecule has 22 heavy (non-hydrogen) atoms. The van der Waals surface area contributed by atoms with E-state index in [4.69, 9.17) is 0 Å². The Labute approximate surface area is 127 Å². The number of nitrogens with one attached hydrogen (secondary N) is 1. The molecule has 0 saturated carbocycles. The van der Waals surface area contributed by atoms with E-state index in [1.807, 2.05) is 37.3 Å². The second-order valence-electron chi connectivity index (χ2n) is 4.81. The van der Waals surface area contributed by atoms with Gasteiger partial charge in [-0.05, 0) is 18.1 Å². The lowest BCUT2D eigenvalue weighted by Crippen LogP contribution is -2.32. The van der Waals surface area contributed by atoms with Gasteiger partial charge >= 0.3 is 0 Å². The molecular formula is C16H18FN3O2. The number of alkyl halides is 1. The molecule has 1 aromatic heterocycles. The molecule has 1 N–H and O–H groups in total. The number of halogens is 1. The molecule has 2 rings (SSSR count). The number of rotatable bonds is 6. The van der Waals surface area contributed by atoms with Crippen LogP contribution < -0.4 is 10.9 Å². The Morgan fingerprint density at radius 2 is 2.00 bits per heavy atom. The van der Waals surface area contributed by atoms with Gasteiger partial charge in [-0.3, -0.25) is 9.59 Å². The molecule has 0 saturated heterocycles. The van der Waals surface area contributed by atoms with Crippen LogP contribution in [0.3, 0.4) is 0 Å². The van der Waals surface area contributed by atoms with E-state index in [-0.39, 0.29) is 24.2 Å². The van der Waals surface area contributed by atoms with E-state index >= 15 is 0 Å². The van der Waals surface area contributed by atoms with Crippen LogP contribution in [0.15, 0.2) is 47.3 Å². The van der Waals surface area contributed by atoms with Gasteiger partial charge in [-0.2, -0.15) is 5.10 Å². The van der Waals surface area contributed by atoms with Gasteiger partial charge in [0.05, 0.1) is 12.6 Å². The molecule has 0 bridgehead atoms. The van der Waals surface area contributed by atoms with Gasteiger partial charge in [-0.15, -0.1) is 0 Å². The first-order chi connectivity index (χ1) is 10.7. The Morgan fingerprint density at radius 1 is 1.27 bits per heavy atom. The molecule has 5 nitrogen and oxygen atoms in total. The minimum Gasteiger partial charge on any atom is -0.344 e.